The van der Waals surface area contributed by atoms with E-state index in [4.69, 9.17) is 17.3 Å². The van der Waals surface area contributed by atoms with Crippen molar-refractivity contribution in [3.63, 3.8) is 0 Å². The molecule has 0 spiro atoms. The standard InChI is InChI=1S/C15H20ClN3/c1-3-9-19-10-8-18-14(19)11-15(2,17)12-4-6-13(16)7-5-12/h4-8,10H,3,9,11,17H2,1-2H3. The van der Waals surface area contributed by atoms with Gasteiger partial charge in [0.1, 0.15) is 5.82 Å². The normalized spacial score (nSPS) is 14.3. The minimum absolute atomic E-state index is 0.443. The summed E-state index contributed by atoms with van der Waals surface area (Å²) in [6.45, 7) is 5.16. The zero-order chi connectivity index (χ0) is 13.9. The Hall–Kier alpha value is -1.32. The zero-order valence-electron chi connectivity index (χ0n) is 11.4. The zero-order valence-corrected chi connectivity index (χ0v) is 12.2. The van der Waals surface area contributed by atoms with E-state index in [2.05, 4.69) is 16.5 Å². The molecule has 2 N–H and O–H groups in total. The van der Waals surface area contributed by atoms with Crippen LogP contribution < -0.4 is 5.73 Å². The minimum atomic E-state index is -0.443. The van der Waals surface area contributed by atoms with Crippen LogP contribution in [0.2, 0.25) is 5.02 Å². The maximum absolute atomic E-state index is 6.45. The first-order valence-corrected chi connectivity index (χ1v) is 6.95. The molecule has 19 heavy (non-hydrogen) atoms. The van der Waals surface area contributed by atoms with Gasteiger partial charge in [-0.15, -0.1) is 0 Å². The van der Waals surface area contributed by atoms with E-state index in [9.17, 15) is 0 Å². The molecule has 1 atom stereocenters. The molecule has 4 heteroatoms. The number of benzene rings is 1. The van der Waals surface area contributed by atoms with E-state index >= 15 is 0 Å². The van der Waals surface area contributed by atoms with Crippen LogP contribution in [0.4, 0.5) is 0 Å². The number of nitrogens with zero attached hydrogens (tertiary/aromatic N) is 2. The maximum Gasteiger partial charge on any atom is 0.110 e. The molecule has 1 aromatic carbocycles. The smallest absolute Gasteiger partial charge is 0.110 e. The molecular formula is C15H20ClN3. The lowest BCUT2D eigenvalue weighted by Gasteiger charge is -2.25. The second kappa shape index (κ2) is 5.76. The van der Waals surface area contributed by atoms with Crippen molar-refractivity contribution in [2.24, 2.45) is 5.73 Å². The number of aromatic nitrogens is 2. The minimum Gasteiger partial charge on any atom is -0.335 e. The largest absolute Gasteiger partial charge is 0.335 e. The Bertz CT molecular complexity index is 529. The van der Waals surface area contributed by atoms with Crippen molar-refractivity contribution in [2.45, 2.75) is 38.8 Å². The molecule has 0 aliphatic heterocycles. The van der Waals surface area contributed by atoms with Gasteiger partial charge in [-0.3, -0.25) is 0 Å². The molecule has 0 radical (unpaired) electrons. The third kappa shape index (κ3) is 3.37. The van der Waals surface area contributed by atoms with Crippen molar-refractivity contribution in [1.29, 1.82) is 0 Å². The predicted octanol–water partition coefficient (Wildman–Crippen LogP) is 3.36. The summed E-state index contributed by atoms with van der Waals surface area (Å²) in [5.74, 6) is 1.03. The predicted molar refractivity (Wildman–Crippen MR) is 79.2 cm³/mol. The number of hydrogen-bond acceptors (Lipinski definition) is 2. The van der Waals surface area contributed by atoms with Crippen LogP contribution >= 0.6 is 11.6 Å². The average Bonchev–Trinajstić information content (AvgIpc) is 2.77. The number of rotatable bonds is 5. The highest BCUT2D eigenvalue weighted by Crippen LogP contribution is 2.23. The first-order chi connectivity index (χ1) is 9.03. The fraction of sp³-hybridized carbons (Fsp3) is 0.400. The number of imidazole rings is 1. The monoisotopic (exact) mass is 277 g/mol. The second-order valence-electron chi connectivity index (χ2n) is 5.14. The van der Waals surface area contributed by atoms with E-state index in [1.807, 2.05) is 43.6 Å². The summed E-state index contributed by atoms with van der Waals surface area (Å²) in [6.07, 6.45) is 5.65. The lowest BCUT2D eigenvalue weighted by atomic mass is 9.89. The summed E-state index contributed by atoms with van der Waals surface area (Å²) in [6, 6.07) is 7.71. The molecule has 0 fully saturated rings. The summed E-state index contributed by atoms with van der Waals surface area (Å²) in [5.41, 5.74) is 7.08. The molecule has 102 valence electrons. The molecule has 2 aromatic rings. The summed E-state index contributed by atoms with van der Waals surface area (Å²) in [5, 5.41) is 0.729. The third-order valence-corrected chi connectivity index (χ3v) is 3.55. The van der Waals surface area contributed by atoms with Crippen molar-refractivity contribution in [3.05, 3.63) is 53.1 Å². The number of aryl methyl sites for hydroxylation is 1. The molecule has 3 nitrogen and oxygen atoms in total. The Morgan fingerprint density at radius 1 is 1.32 bits per heavy atom. The fourth-order valence-electron chi connectivity index (χ4n) is 2.21. The number of hydrogen-bond donors (Lipinski definition) is 1. The molecule has 0 aliphatic carbocycles. The van der Waals surface area contributed by atoms with Crippen molar-refractivity contribution in [2.75, 3.05) is 0 Å². The van der Waals surface area contributed by atoms with Gasteiger partial charge in [0.05, 0.1) is 0 Å². The van der Waals surface area contributed by atoms with Gasteiger partial charge < -0.3 is 10.3 Å². The first-order valence-electron chi connectivity index (χ1n) is 6.58. The molecule has 0 saturated heterocycles. The lowest BCUT2D eigenvalue weighted by molar-refractivity contribution is 0.462. The molecule has 1 heterocycles. The Labute approximate surface area is 119 Å². The Balaban J connectivity index is 2.20. The molecule has 1 aromatic heterocycles. The summed E-state index contributed by atoms with van der Waals surface area (Å²) in [7, 11) is 0. The van der Waals surface area contributed by atoms with Gasteiger partial charge in [-0.1, -0.05) is 30.7 Å². The topological polar surface area (TPSA) is 43.8 Å². The number of halogens is 1. The molecule has 0 saturated carbocycles. The van der Waals surface area contributed by atoms with Crippen molar-refractivity contribution in [3.8, 4) is 0 Å². The molecule has 1 unspecified atom stereocenters. The van der Waals surface area contributed by atoms with Gasteiger partial charge in [0.25, 0.3) is 0 Å². The van der Waals surface area contributed by atoms with Crippen LogP contribution in [0.25, 0.3) is 0 Å². The summed E-state index contributed by atoms with van der Waals surface area (Å²) >= 11 is 5.91. The van der Waals surface area contributed by atoms with Gasteiger partial charge in [-0.25, -0.2) is 4.98 Å². The van der Waals surface area contributed by atoms with E-state index in [1.165, 1.54) is 0 Å². The van der Waals surface area contributed by atoms with Crippen molar-refractivity contribution < 1.29 is 0 Å². The molecule has 2 rings (SSSR count). The van der Waals surface area contributed by atoms with Crippen LogP contribution in [0, 0.1) is 0 Å². The van der Waals surface area contributed by atoms with Crippen LogP contribution in [0.5, 0.6) is 0 Å². The highest BCUT2D eigenvalue weighted by atomic mass is 35.5. The molecule has 0 bridgehead atoms. The fourth-order valence-corrected chi connectivity index (χ4v) is 2.34. The van der Waals surface area contributed by atoms with Crippen LogP contribution in [0.3, 0.4) is 0 Å². The quantitative estimate of drug-likeness (QED) is 0.911. The van der Waals surface area contributed by atoms with Gasteiger partial charge in [0.15, 0.2) is 0 Å². The molecular weight excluding hydrogens is 258 g/mol. The Morgan fingerprint density at radius 3 is 2.63 bits per heavy atom. The van der Waals surface area contributed by atoms with Crippen LogP contribution in [-0.4, -0.2) is 9.55 Å². The number of nitrogens with two attached hydrogens (primary N) is 1. The Morgan fingerprint density at radius 2 is 2.00 bits per heavy atom. The van der Waals surface area contributed by atoms with Crippen LogP contribution in [-0.2, 0) is 18.5 Å². The third-order valence-electron chi connectivity index (χ3n) is 3.30. The summed E-state index contributed by atoms with van der Waals surface area (Å²) < 4.78 is 2.17. The van der Waals surface area contributed by atoms with Crippen LogP contribution in [0.1, 0.15) is 31.7 Å². The molecule has 0 aliphatic rings. The van der Waals surface area contributed by atoms with Crippen molar-refractivity contribution in [1.82, 2.24) is 9.55 Å². The Kier molecular flexibility index (Phi) is 4.27. The van der Waals surface area contributed by atoms with Gasteiger partial charge >= 0.3 is 0 Å². The van der Waals surface area contributed by atoms with Gasteiger partial charge in [-0.2, -0.15) is 0 Å². The van der Waals surface area contributed by atoms with Gasteiger partial charge in [0.2, 0.25) is 0 Å². The van der Waals surface area contributed by atoms with Gasteiger partial charge in [-0.05, 0) is 31.0 Å². The van der Waals surface area contributed by atoms with Crippen LogP contribution in [0.15, 0.2) is 36.7 Å². The second-order valence-corrected chi connectivity index (χ2v) is 5.57. The highest BCUT2D eigenvalue weighted by molar-refractivity contribution is 6.30. The van der Waals surface area contributed by atoms with E-state index in [0.717, 1.165) is 29.4 Å². The van der Waals surface area contributed by atoms with E-state index in [0.29, 0.717) is 6.42 Å². The SMILES string of the molecule is CCCn1ccnc1CC(C)(N)c1ccc(Cl)cc1. The lowest BCUT2D eigenvalue weighted by Crippen LogP contribution is -2.36. The van der Waals surface area contributed by atoms with E-state index in [1.54, 1.807) is 0 Å². The van der Waals surface area contributed by atoms with E-state index in [-0.39, 0.29) is 0 Å². The molecule has 0 amide bonds. The van der Waals surface area contributed by atoms with E-state index < -0.39 is 5.54 Å². The first kappa shape index (κ1) is 14.1. The van der Waals surface area contributed by atoms with Gasteiger partial charge in [0, 0.05) is 35.9 Å². The summed E-state index contributed by atoms with van der Waals surface area (Å²) in [4.78, 5) is 4.42. The average molecular weight is 278 g/mol. The highest BCUT2D eigenvalue weighted by Gasteiger charge is 2.23. The van der Waals surface area contributed by atoms with Crippen molar-refractivity contribution >= 4 is 11.6 Å². The maximum atomic E-state index is 6.45.